The van der Waals surface area contributed by atoms with E-state index in [0.717, 1.165) is 17.0 Å². The number of ether oxygens (including phenoxy) is 1. The van der Waals surface area contributed by atoms with Crippen LogP contribution in [0.3, 0.4) is 0 Å². The van der Waals surface area contributed by atoms with Gasteiger partial charge < -0.3 is 4.74 Å². The Balaban J connectivity index is 2.12. The highest BCUT2D eigenvalue weighted by Crippen LogP contribution is 2.33. The van der Waals surface area contributed by atoms with Crippen LogP contribution in [0, 0.1) is 0 Å². The molecule has 1 heterocycles. The van der Waals surface area contributed by atoms with Crippen molar-refractivity contribution in [2.24, 2.45) is 0 Å². The van der Waals surface area contributed by atoms with E-state index in [1.807, 2.05) is 51.1 Å². The number of benzene rings is 2. The smallest absolute Gasteiger partial charge is 0.164 e. The molecule has 0 aliphatic rings. The Bertz CT molecular complexity index is 869. The summed E-state index contributed by atoms with van der Waals surface area (Å²) in [5.41, 5.74) is 1.23. The van der Waals surface area contributed by atoms with Crippen molar-refractivity contribution in [3.63, 3.8) is 0 Å². The highest BCUT2D eigenvalue weighted by molar-refractivity contribution is 6.36. The molecule has 0 saturated heterocycles. The van der Waals surface area contributed by atoms with Crippen LogP contribution in [0.15, 0.2) is 48.8 Å². The lowest BCUT2D eigenvalue weighted by Crippen LogP contribution is -2.23. The molecular formula is C18H17Cl2N3O. The molecule has 2 aromatic carbocycles. The summed E-state index contributed by atoms with van der Waals surface area (Å²) in [6.45, 7) is 6.01. The number of halogens is 2. The lowest BCUT2D eigenvalue weighted by atomic mass is 10.2. The first kappa shape index (κ1) is 16.8. The lowest BCUT2D eigenvalue weighted by Gasteiger charge is -2.23. The average molecular weight is 362 g/mol. The molecule has 0 atom stereocenters. The van der Waals surface area contributed by atoms with Gasteiger partial charge in [-0.1, -0.05) is 35.3 Å². The van der Waals surface area contributed by atoms with Crippen LogP contribution in [0.4, 0.5) is 0 Å². The molecule has 0 unspecified atom stereocenters. The van der Waals surface area contributed by atoms with Crippen molar-refractivity contribution in [2.45, 2.75) is 26.4 Å². The third-order valence-electron chi connectivity index (χ3n) is 3.23. The van der Waals surface area contributed by atoms with Crippen molar-refractivity contribution < 1.29 is 4.74 Å². The zero-order valence-electron chi connectivity index (χ0n) is 13.6. The van der Waals surface area contributed by atoms with E-state index in [9.17, 15) is 0 Å². The highest BCUT2D eigenvalue weighted by atomic mass is 35.5. The summed E-state index contributed by atoms with van der Waals surface area (Å²) in [5.74, 6) is 1.35. The van der Waals surface area contributed by atoms with E-state index in [2.05, 4.69) is 10.1 Å². The van der Waals surface area contributed by atoms with E-state index in [0.29, 0.717) is 15.9 Å². The van der Waals surface area contributed by atoms with E-state index in [-0.39, 0.29) is 5.60 Å². The van der Waals surface area contributed by atoms with Gasteiger partial charge in [0.2, 0.25) is 0 Å². The lowest BCUT2D eigenvalue weighted by molar-refractivity contribution is 0.130. The number of hydrogen-bond donors (Lipinski definition) is 0. The predicted octanol–water partition coefficient (Wildman–Crippen LogP) is 5.42. The molecule has 0 spiro atoms. The normalized spacial score (nSPS) is 11.5. The van der Waals surface area contributed by atoms with Crippen molar-refractivity contribution in [3.8, 4) is 22.8 Å². The molecule has 1 aromatic heterocycles. The summed E-state index contributed by atoms with van der Waals surface area (Å²) >= 11 is 12.3. The highest BCUT2D eigenvalue weighted by Gasteiger charge is 2.19. The Labute approximate surface area is 151 Å². The van der Waals surface area contributed by atoms with Gasteiger partial charge in [0.25, 0.3) is 0 Å². The first-order valence-corrected chi connectivity index (χ1v) is 8.24. The van der Waals surface area contributed by atoms with E-state index in [1.54, 1.807) is 16.8 Å². The topological polar surface area (TPSA) is 39.9 Å². The van der Waals surface area contributed by atoms with E-state index in [1.165, 1.54) is 6.33 Å². The number of para-hydroxylation sites is 2. The molecular weight excluding hydrogens is 345 g/mol. The molecule has 4 nitrogen and oxygen atoms in total. The molecule has 0 saturated carbocycles. The van der Waals surface area contributed by atoms with Gasteiger partial charge in [-0.15, -0.1) is 0 Å². The van der Waals surface area contributed by atoms with Crippen molar-refractivity contribution in [1.82, 2.24) is 14.8 Å². The number of aromatic nitrogens is 3. The summed E-state index contributed by atoms with van der Waals surface area (Å²) in [5, 5.41) is 5.45. The summed E-state index contributed by atoms with van der Waals surface area (Å²) in [6.07, 6.45) is 1.49. The summed E-state index contributed by atoms with van der Waals surface area (Å²) in [7, 11) is 0. The molecule has 24 heavy (non-hydrogen) atoms. The predicted molar refractivity (Wildman–Crippen MR) is 97.2 cm³/mol. The Morgan fingerprint density at radius 2 is 1.79 bits per heavy atom. The van der Waals surface area contributed by atoms with Gasteiger partial charge >= 0.3 is 0 Å². The molecule has 0 aliphatic heterocycles. The molecule has 0 N–H and O–H groups in total. The summed E-state index contributed by atoms with van der Waals surface area (Å²) < 4.78 is 7.77. The first-order chi connectivity index (χ1) is 11.3. The Hall–Kier alpha value is -2.04. The average Bonchev–Trinajstić information content (AvgIpc) is 2.95. The van der Waals surface area contributed by atoms with E-state index < -0.39 is 0 Å². The molecule has 3 rings (SSSR count). The Morgan fingerprint density at radius 1 is 1.04 bits per heavy atom. The standard InChI is InChI=1S/C18H17Cl2N3O/c1-18(2,3)24-16-7-5-4-6-15(16)23-17(21-11-22-23)13-9-8-12(19)10-14(13)20/h4-11H,1-3H3. The van der Waals surface area contributed by atoms with Crippen LogP contribution in [0.5, 0.6) is 5.75 Å². The number of rotatable bonds is 3. The van der Waals surface area contributed by atoms with Crippen LogP contribution in [0.1, 0.15) is 20.8 Å². The fourth-order valence-corrected chi connectivity index (χ4v) is 2.81. The molecule has 0 radical (unpaired) electrons. The van der Waals surface area contributed by atoms with Gasteiger partial charge in [0, 0.05) is 10.6 Å². The van der Waals surface area contributed by atoms with Crippen molar-refractivity contribution in [1.29, 1.82) is 0 Å². The van der Waals surface area contributed by atoms with Crippen molar-refractivity contribution in [3.05, 3.63) is 58.8 Å². The third-order valence-corrected chi connectivity index (χ3v) is 3.78. The molecule has 0 fully saturated rings. The van der Waals surface area contributed by atoms with Gasteiger partial charge in [0.15, 0.2) is 5.82 Å². The maximum Gasteiger partial charge on any atom is 0.164 e. The van der Waals surface area contributed by atoms with Crippen molar-refractivity contribution in [2.75, 3.05) is 0 Å². The van der Waals surface area contributed by atoms with Crippen LogP contribution < -0.4 is 4.74 Å². The second-order valence-corrected chi connectivity index (χ2v) is 7.15. The van der Waals surface area contributed by atoms with Gasteiger partial charge in [0.1, 0.15) is 23.4 Å². The Kier molecular flexibility index (Phi) is 4.52. The largest absolute Gasteiger partial charge is 0.486 e. The second-order valence-electron chi connectivity index (χ2n) is 6.30. The maximum atomic E-state index is 6.33. The van der Waals surface area contributed by atoms with Crippen LogP contribution in [0.2, 0.25) is 10.0 Å². The Morgan fingerprint density at radius 3 is 2.50 bits per heavy atom. The van der Waals surface area contributed by atoms with Gasteiger partial charge in [0.05, 0.1) is 5.02 Å². The van der Waals surface area contributed by atoms with Gasteiger partial charge in [-0.25, -0.2) is 9.67 Å². The van der Waals surface area contributed by atoms with E-state index >= 15 is 0 Å². The molecule has 0 bridgehead atoms. The minimum atomic E-state index is -0.325. The molecule has 3 aromatic rings. The fourth-order valence-electron chi connectivity index (χ4n) is 2.32. The van der Waals surface area contributed by atoms with Gasteiger partial charge in [-0.05, 0) is 51.1 Å². The van der Waals surface area contributed by atoms with Crippen LogP contribution in [-0.4, -0.2) is 20.4 Å². The monoisotopic (exact) mass is 361 g/mol. The minimum Gasteiger partial charge on any atom is -0.486 e. The first-order valence-electron chi connectivity index (χ1n) is 7.49. The zero-order valence-corrected chi connectivity index (χ0v) is 15.1. The van der Waals surface area contributed by atoms with Gasteiger partial charge in [-0.2, -0.15) is 5.10 Å². The molecule has 124 valence electrons. The van der Waals surface area contributed by atoms with Crippen LogP contribution in [0.25, 0.3) is 17.1 Å². The summed E-state index contributed by atoms with van der Waals surface area (Å²) in [4.78, 5) is 4.36. The minimum absolute atomic E-state index is 0.325. The quantitative estimate of drug-likeness (QED) is 0.625. The van der Waals surface area contributed by atoms with Crippen LogP contribution in [-0.2, 0) is 0 Å². The second kappa shape index (κ2) is 6.46. The van der Waals surface area contributed by atoms with Gasteiger partial charge in [-0.3, -0.25) is 0 Å². The van der Waals surface area contributed by atoms with Crippen LogP contribution >= 0.6 is 23.2 Å². The summed E-state index contributed by atoms with van der Waals surface area (Å²) in [6, 6.07) is 13.0. The molecule has 6 heteroatoms. The maximum absolute atomic E-state index is 6.33. The molecule has 0 amide bonds. The SMILES string of the molecule is CC(C)(C)Oc1ccccc1-n1ncnc1-c1ccc(Cl)cc1Cl. The zero-order chi connectivity index (χ0) is 17.3. The number of nitrogens with zero attached hydrogens (tertiary/aromatic N) is 3. The van der Waals surface area contributed by atoms with Crippen molar-refractivity contribution >= 4 is 23.2 Å². The molecule has 0 aliphatic carbocycles. The van der Waals surface area contributed by atoms with E-state index in [4.69, 9.17) is 27.9 Å². The third kappa shape index (κ3) is 3.55. The number of hydrogen-bond acceptors (Lipinski definition) is 3. The fraction of sp³-hybridized carbons (Fsp3) is 0.222.